The molecule has 0 saturated carbocycles. The van der Waals surface area contributed by atoms with Crippen LogP contribution in [0.2, 0.25) is 0 Å². The van der Waals surface area contributed by atoms with Crippen molar-refractivity contribution in [2.24, 2.45) is 0 Å². The van der Waals surface area contributed by atoms with Gasteiger partial charge in [0.05, 0.1) is 13.7 Å². The van der Waals surface area contributed by atoms with E-state index in [1.165, 1.54) is 0 Å². The van der Waals surface area contributed by atoms with Gasteiger partial charge < -0.3 is 19.3 Å². The van der Waals surface area contributed by atoms with E-state index in [1.807, 2.05) is 66.7 Å². The Morgan fingerprint density at radius 3 is 2.40 bits per heavy atom. The van der Waals surface area contributed by atoms with Crippen molar-refractivity contribution < 1.29 is 19.3 Å². The molecule has 0 bridgehead atoms. The number of hydrogen-bond acceptors (Lipinski definition) is 4. The highest BCUT2D eigenvalue weighted by Crippen LogP contribution is 2.22. The number of rotatable bonds is 4. The monoisotopic (exact) mass is 336 g/mol. The minimum atomic E-state index is -0.470. The third-order valence-corrected chi connectivity index (χ3v) is 3.81. The van der Waals surface area contributed by atoms with Crippen molar-refractivity contribution in [2.45, 2.75) is 18.3 Å². The van der Waals surface area contributed by atoms with Gasteiger partial charge in [-0.1, -0.05) is 30.0 Å². The molecule has 0 fully saturated rings. The van der Waals surface area contributed by atoms with Crippen LogP contribution in [0.3, 0.4) is 0 Å². The number of benzene rings is 2. The topological polar surface area (TPSA) is 47.9 Å². The van der Waals surface area contributed by atoms with Crippen molar-refractivity contribution in [2.75, 3.05) is 13.7 Å². The van der Waals surface area contributed by atoms with Gasteiger partial charge in [-0.2, -0.15) is 0 Å². The summed E-state index contributed by atoms with van der Waals surface area (Å²) in [6.45, 7) is -0.144. The summed E-state index contributed by atoms with van der Waals surface area (Å²) in [6.07, 6.45) is 2.54. The fraction of sp³-hybridized carbons (Fsp3) is 0.238. The highest BCUT2D eigenvalue weighted by atomic mass is 16.6. The van der Waals surface area contributed by atoms with Crippen LogP contribution in [0.5, 0.6) is 11.5 Å². The van der Waals surface area contributed by atoms with Gasteiger partial charge in [-0.05, 0) is 48.6 Å². The van der Waals surface area contributed by atoms with Gasteiger partial charge in [0.2, 0.25) is 0 Å². The van der Waals surface area contributed by atoms with Crippen LogP contribution in [0.1, 0.15) is 5.56 Å². The van der Waals surface area contributed by atoms with E-state index in [1.54, 1.807) is 7.11 Å². The molecule has 128 valence electrons. The summed E-state index contributed by atoms with van der Waals surface area (Å²) in [7, 11) is 1.62. The van der Waals surface area contributed by atoms with Gasteiger partial charge in [-0.3, -0.25) is 0 Å². The number of aliphatic hydroxyl groups is 1. The average molecular weight is 336 g/mol. The maximum atomic E-state index is 9.62. The van der Waals surface area contributed by atoms with Gasteiger partial charge in [0.15, 0.2) is 0 Å². The molecule has 1 heterocycles. The largest absolute Gasteiger partial charge is 0.497 e. The Labute approximate surface area is 147 Å². The molecule has 0 aromatic heterocycles. The Balaban J connectivity index is 1.67. The Hall–Kier alpha value is -2.74. The van der Waals surface area contributed by atoms with E-state index < -0.39 is 6.10 Å². The minimum absolute atomic E-state index is 0.144. The summed E-state index contributed by atoms with van der Waals surface area (Å²) in [6, 6.07) is 17.0. The molecule has 25 heavy (non-hydrogen) atoms. The smallest absolute Gasteiger partial charge is 0.145 e. The molecule has 3 rings (SSSR count). The molecular formula is C21H20O4. The zero-order chi connectivity index (χ0) is 17.5. The van der Waals surface area contributed by atoms with E-state index in [4.69, 9.17) is 14.2 Å². The zero-order valence-corrected chi connectivity index (χ0v) is 14.0. The summed E-state index contributed by atoms with van der Waals surface area (Å²) in [4.78, 5) is 0. The zero-order valence-electron chi connectivity index (χ0n) is 14.0. The number of methoxy groups -OCH3 is 1. The van der Waals surface area contributed by atoms with Crippen LogP contribution in [0.15, 0.2) is 66.7 Å². The summed E-state index contributed by atoms with van der Waals surface area (Å²) in [5.74, 6) is 7.58. The van der Waals surface area contributed by atoms with Crippen molar-refractivity contribution in [3.8, 4) is 23.3 Å². The van der Waals surface area contributed by atoms with E-state index in [0.717, 1.165) is 11.3 Å². The fourth-order valence-corrected chi connectivity index (χ4v) is 2.48. The predicted molar refractivity (Wildman–Crippen MR) is 95.6 cm³/mol. The van der Waals surface area contributed by atoms with Crippen LogP contribution in [0, 0.1) is 11.8 Å². The Morgan fingerprint density at radius 1 is 1.00 bits per heavy atom. The average Bonchev–Trinajstić information content (AvgIpc) is 2.68. The maximum Gasteiger partial charge on any atom is 0.145 e. The van der Waals surface area contributed by atoms with E-state index in [0.29, 0.717) is 5.75 Å². The van der Waals surface area contributed by atoms with E-state index in [-0.39, 0.29) is 18.8 Å². The molecule has 0 amide bonds. The van der Waals surface area contributed by atoms with Crippen LogP contribution >= 0.6 is 0 Å². The van der Waals surface area contributed by atoms with Gasteiger partial charge >= 0.3 is 0 Å². The summed E-state index contributed by atoms with van der Waals surface area (Å²) < 4.78 is 16.9. The molecule has 1 N–H and O–H groups in total. The molecule has 3 atom stereocenters. The molecule has 0 unspecified atom stereocenters. The van der Waals surface area contributed by atoms with Crippen LogP contribution in [0.4, 0.5) is 0 Å². The number of hydrogen-bond donors (Lipinski definition) is 1. The molecule has 0 saturated heterocycles. The third kappa shape index (κ3) is 4.63. The van der Waals surface area contributed by atoms with Crippen molar-refractivity contribution >= 4 is 0 Å². The minimum Gasteiger partial charge on any atom is -0.497 e. The predicted octanol–water partition coefficient (Wildman–Crippen LogP) is 2.81. The molecule has 1 aliphatic rings. The quantitative estimate of drug-likeness (QED) is 0.689. The molecular weight excluding hydrogens is 316 g/mol. The molecule has 2 aromatic carbocycles. The van der Waals surface area contributed by atoms with E-state index >= 15 is 0 Å². The lowest BCUT2D eigenvalue weighted by Gasteiger charge is -2.29. The summed E-state index contributed by atoms with van der Waals surface area (Å²) in [5, 5.41) is 9.62. The first-order valence-corrected chi connectivity index (χ1v) is 8.10. The van der Waals surface area contributed by atoms with Crippen molar-refractivity contribution in [1.82, 2.24) is 0 Å². The van der Waals surface area contributed by atoms with E-state index in [9.17, 15) is 5.11 Å². The lowest BCUT2D eigenvalue weighted by molar-refractivity contribution is -0.0549. The molecule has 0 aliphatic carbocycles. The van der Waals surface area contributed by atoms with Crippen LogP contribution in [0.25, 0.3) is 0 Å². The second kappa shape index (κ2) is 8.39. The first-order chi connectivity index (χ1) is 12.3. The van der Waals surface area contributed by atoms with Crippen molar-refractivity contribution in [3.63, 3.8) is 0 Å². The maximum absolute atomic E-state index is 9.62. The third-order valence-electron chi connectivity index (χ3n) is 3.81. The lowest BCUT2D eigenvalue weighted by atomic mass is 10.1. The Bertz CT molecular complexity index is 756. The number of aliphatic hydroxyl groups excluding tert-OH is 1. The van der Waals surface area contributed by atoms with Gasteiger partial charge in [-0.25, -0.2) is 0 Å². The van der Waals surface area contributed by atoms with Crippen molar-refractivity contribution in [3.05, 3.63) is 72.3 Å². The van der Waals surface area contributed by atoms with Crippen LogP contribution in [-0.4, -0.2) is 37.1 Å². The Morgan fingerprint density at radius 2 is 1.72 bits per heavy atom. The lowest BCUT2D eigenvalue weighted by Crippen LogP contribution is -2.40. The molecule has 4 heteroatoms. The van der Waals surface area contributed by atoms with Crippen LogP contribution < -0.4 is 9.47 Å². The standard InChI is InChI=1S/C21H20O4/c1-23-17-9-11-19(12-10-17)24-20-14-13-18(25-21(20)15-22)8-7-16-5-3-2-4-6-16/h2-6,9-14,18,20-22H,15H2,1H3/t18-,20+,21-/m1/s1. The molecule has 2 aromatic rings. The normalized spacial score (nSPS) is 21.9. The number of ether oxygens (including phenoxy) is 3. The first-order valence-electron chi connectivity index (χ1n) is 8.10. The molecule has 1 aliphatic heterocycles. The van der Waals surface area contributed by atoms with Gasteiger partial charge in [0.25, 0.3) is 0 Å². The highest BCUT2D eigenvalue weighted by Gasteiger charge is 2.27. The van der Waals surface area contributed by atoms with Gasteiger partial charge in [-0.15, -0.1) is 0 Å². The van der Waals surface area contributed by atoms with E-state index in [2.05, 4.69) is 11.8 Å². The Kier molecular flexibility index (Phi) is 5.73. The van der Waals surface area contributed by atoms with Crippen LogP contribution in [-0.2, 0) is 4.74 Å². The molecule has 4 nitrogen and oxygen atoms in total. The van der Waals surface area contributed by atoms with Gasteiger partial charge in [0.1, 0.15) is 29.8 Å². The summed E-state index contributed by atoms with van der Waals surface area (Å²) in [5.41, 5.74) is 0.927. The second-order valence-corrected chi connectivity index (χ2v) is 5.56. The van der Waals surface area contributed by atoms with Gasteiger partial charge in [0, 0.05) is 5.56 Å². The molecule has 0 spiro atoms. The molecule has 0 radical (unpaired) electrons. The fourth-order valence-electron chi connectivity index (χ4n) is 2.48. The summed E-state index contributed by atoms with van der Waals surface area (Å²) >= 11 is 0. The van der Waals surface area contributed by atoms with Crippen molar-refractivity contribution in [1.29, 1.82) is 0 Å². The SMILES string of the molecule is COc1ccc(O[C@H]2C=C[C@@H](C#Cc3ccccc3)O[C@@H]2CO)cc1. The first kappa shape index (κ1) is 17.1. The second-order valence-electron chi connectivity index (χ2n) is 5.56. The highest BCUT2D eigenvalue weighted by molar-refractivity contribution is 5.36.